The van der Waals surface area contributed by atoms with E-state index in [-0.39, 0.29) is 10.5 Å². The molecule has 0 saturated heterocycles. The zero-order valence-corrected chi connectivity index (χ0v) is 19.2. The monoisotopic (exact) mass is 498 g/mol. The first-order valence-corrected chi connectivity index (χ1v) is 11.4. The van der Waals surface area contributed by atoms with Crippen molar-refractivity contribution in [2.75, 3.05) is 5.32 Å². The molecule has 0 aliphatic heterocycles. The van der Waals surface area contributed by atoms with Crippen molar-refractivity contribution in [1.82, 2.24) is 4.57 Å². The molecule has 3 rings (SSSR count). The third-order valence-corrected chi connectivity index (χ3v) is 6.12. The molecule has 0 spiro atoms. The van der Waals surface area contributed by atoms with Crippen LogP contribution in [0.3, 0.4) is 0 Å². The van der Waals surface area contributed by atoms with Crippen LogP contribution in [-0.4, -0.2) is 18.9 Å². The highest BCUT2D eigenvalue weighted by molar-refractivity contribution is 9.10. The highest BCUT2D eigenvalue weighted by atomic mass is 79.9. The molecule has 1 amide bonds. The summed E-state index contributed by atoms with van der Waals surface area (Å²) in [7, 11) is -3.78. The Bertz CT molecular complexity index is 1320. The minimum atomic E-state index is -3.78. The molecule has 31 heavy (non-hydrogen) atoms. The maximum absolute atomic E-state index is 12.5. The van der Waals surface area contributed by atoms with E-state index in [2.05, 4.69) is 21.2 Å². The van der Waals surface area contributed by atoms with Crippen molar-refractivity contribution >= 4 is 43.6 Å². The van der Waals surface area contributed by atoms with Crippen LogP contribution in [0, 0.1) is 25.2 Å². The smallest absolute Gasteiger partial charge is 0.266 e. The predicted octanol–water partition coefficient (Wildman–Crippen LogP) is 4.05. The van der Waals surface area contributed by atoms with Gasteiger partial charge in [-0.25, -0.2) is 13.6 Å². The van der Waals surface area contributed by atoms with E-state index in [1.807, 2.05) is 30.6 Å². The maximum atomic E-state index is 12.5. The number of rotatable bonds is 5. The van der Waals surface area contributed by atoms with Gasteiger partial charge in [0.1, 0.15) is 11.6 Å². The fraction of sp³-hybridized carbons (Fsp3) is 0.0909. The molecule has 1 heterocycles. The molecule has 0 aliphatic carbocycles. The topological polar surface area (TPSA) is 118 Å². The average molecular weight is 499 g/mol. The van der Waals surface area contributed by atoms with E-state index in [4.69, 9.17) is 5.14 Å². The van der Waals surface area contributed by atoms with Crippen molar-refractivity contribution in [2.24, 2.45) is 5.14 Å². The van der Waals surface area contributed by atoms with Gasteiger partial charge in [-0.3, -0.25) is 4.79 Å². The molecular weight excluding hydrogens is 480 g/mol. The second-order valence-corrected chi connectivity index (χ2v) is 9.31. The van der Waals surface area contributed by atoms with E-state index in [1.165, 1.54) is 18.2 Å². The number of carbonyl (C=O) groups excluding carboxylic acids is 1. The summed E-state index contributed by atoms with van der Waals surface area (Å²) in [5, 5.41) is 17.4. The van der Waals surface area contributed by atoms with Gasteiger partial charge >= 0.3 is 0 Å². The summed E-state index contributed by atoms with van der Waals surface area (Å²) in [6.07, 6.45) is 1.53. The molecule has 0 fully saturated rings. The summed E-state index contributed by atoms with van der Waals surface area (Å²) in [5.41, 5.74) is 3.64. The fourth-order valence-electron chi connectivity index (χ4n) is 3.15. The third kappa shape index (κ3) is 5.11. The van der Waals surface area contributed by atoms with Gasteiger partial charge in [0.15, 0.2) is 0 Å². The molecule has 0 saturated carbocycles. The first-order chi connectivity index (χ1) is 14.6. The summed E-state index contributed by atoms with van der Waals surface area (Å²) in [6, 6.07) is 17.0. The average Bonchev–Trinajstić information content (AvgIpc) is 3.00. The molecule has 3 aromatic rings. The molecular formula is C22H19BrN4O3S. The van der Waals surface area contributed by atoms with Gasteiger partial charge in [-0.15, -0.1) is 0 Å². The molecule has 1 aromatic heterocycles. The number of halogens is 1. The lowest BCUT2D eigenvalue weighted by molar-refractivity contribution is -0.112. The number of carbonyl (C=O) groups is 1. The Balaban J connectivity index is 1.92. The molecule has 158 valence electrons. The first-order valence-electron chi connectivity index (χ1n) is 9.11. The standard InChI is InChI=1S/C22H19BrN4O3S/c1-14-11-16(12-17(13-24)22(28)26-19-5-3-18(23)4-6-19)15(2)27(14)20-7-9-21(10-8-20)31(25,29)30/h3-12H,1-2H3,(H,26,28)(H2,25,29,30)/b17-12-. The van der Waals surface area contributed by atoms with Crippen LogP contribution in [0.15, 0.2) is 69.5 Å². The Morgan fingerprint density at radius 1 is 1.13 bits per heavy atom. The molecule has 0 aliphatic rings. The minimum absolute atomic E-state index is 0.0233. The molecule has 7 nitrogen and oxygen atoms in total. The van der Waals surface area contributed by atoms with Crippen LogP contribution >= 0.6 is 15.9 Å². The molecule has 9 heteroatoms. The lowest BCUT2D eigenvalue weighted by Gasteiger charge is -2.10. The number of benzene rings is 2. The molecule has 2 aromatic carbocycles. The van der Waals surface area contributed by atoms with Gasteiger partial charge in [0, 0.05) is 27.2 Å². The Kier molecular flexibility index (Phi) is 6.45. The highest BCUT2D eigenvalue weighted by Gasteiger charge is 2.15. The lowest BCUT2D eigenvalue weighted by Crippen LogP contribution is -2.13. The van der Waals surface area contributed by atoms with Crippen LogP contribution in [0.1, 0.15) is 17.0 Å². The number of hydrogen-bond donors (Lipinski definition) is 2. The van der Waals surface area contributed by atoms with Crippen LogP contribution < -0.4 is 10.5 Å². The zero-order valence-electron chi connectivity index (χ0n) is 16.8. The maximum Gasteiger partial charge on any atom is 0.266 e. The second-order valence-electron chi connectivity index (χ2n) is 6.83. The van der Waals surface area contributed by atoms with Crippen LogP contribution in [0.5, 0.6) is 0 Å². The quantitative estimate of drug-likeness (QED) is 0.407. The van der Waals surface area contributed by atoms with Crippen molar-refractivity contribution in [2.45, 2.75) is 18.7 Å². The van der Waals surface area contributed by atoms with Crippen molar-refractivity contribution in [3.8, 4) is 11.8 Å². The number of anilines is 1. The summed E-state index contributed by atoms with van der Waals surface area (Å²) in [5.74, 6) is -0.507. The van der Waals surface area contributed by atoms with Gasteiger partial charge in [0.2, 0.25) is 10.0 Å². The van der Waals surface area contributed by atoms with E-state index < -0.39 is 15.9 Å². The number of nitrogens with one attached hydrogen (secondary N) is 1. The molecule has 0 radical (unpaired) electrons. The van der Waals surface area contributed by atoms with Crippen LogP contribution in [0.4, 0.5) is 5.69 Å². The third-order valence-electron chi connectivity index (χ3n) is 4.66. The summed E-state index contributed by atoms with van der Waals surface area (Å²) in [4.78, 5) is 12.6. The van der Waals surface area contributed by atoms with E-state index in [1.54, 1.807) is 36.4 Å². The normalized spacial score (nSPS) is 11.8. The molecule has 0 unspecified atom stereocenters. The molecule has 0 atom stereocenters. The second kappa shape index (κ2) is 8.89. The Morgan fingerprint density at radius 2 is 1.74 bits per heavy atom. The summed E-state index contributed by atoms with van der Waals surface area (Å²) in [6.45, 7) is 3.74. The van der Waals surface area contributed by atoms with E-state index >= 15 is 0 Å². The van der Waals surface area contributed by atoms with Crippen LogP contribution in [0.25, 0.3) is 11.8 Å². The fourth-order valence-corrected chi connectivity index (χ4v) is 3.93. The van der Waals surface area contributed by atoms with Gasteiger partial charge in [-0.2, -0.15) is 5.26 Å². The predicted molar refractivity (Wildman–Crippen MR) is 123 cm³/mol. The van der Waals surface area contributed by atoms with Crippen LogP contribution in [0.2, 0.25) is 0 Å². The Hall–Kier alpha value is -3.19. The number of amides is 1. The van der Waals surface area contributed by atoms with E-state index in [9.17, 15) is 18.5 Å². The number of nitrogens with two attached hydrogens (primary N) is 1. The molecule has 3 N–H and O–H groups in total. The van der Waals surface area contributed by atoms with Gasteiger partial charge in [-0.05, 0) is 80.1 Å². The van der Waals surface area contributed by atoms with Gasteiger partial charge in [0.05, 0.1) is 4.90 Å². The van der Waals surface area contributed by atoms with E-state index in [0.29, 0.717) is 11.3 Å². The number of nitriles is 1. The van der Waals surface area contributed by atoms with Gasteiger partial charge in [0.25, 0.3) is 5.91 Å². The van der Waals surface area contributed by atoms with Crippen molar-refractivity contribution in [3.05, 3.63) is 81.6 Å². The molecule has 0 bridgehead atoms. The SMILES string of the molecule is Cc1cc(/C=C(/C#N)C(=O)Nc2ccc(Br)cc2)c(C)n1-c1ccc(S(N)(=O)=O)cc1. The zero-order chi connectivity index (χ0) is 22.8. The number of aryl methyl sites for hydroxylation is 1. The number of nitrogens with zero attached hydrogens (tertiary/aromatic N) is 2. The number of primary sulfonamides is 1. The number of hydrogen-bond acceptors (Lipinski definition) is 4. The number of sulfonamides is 1. The van der Waals surface area contributed by atoms with Gasteiger partial charge < -0.3 is 9.88 Å². The van der Waals surface area contributed by atoms with E-state index in [0.717, 1.165) is 21.5 Å². The largest absolute Gasteiger partial charge is 0.321 e. The van der Waals surface area contributed by atoms with Crippen molar-refractivity contribution in [3.63, 3.8) is 0 Å². The summed E-state index contributed by atoms with van der Waals surface area (Å²) >= 11 is 3.33. The Labute approximate surface area is 189 Å². The lowest BCUT2D eigenvalue weighted by atomic mass is 10.1. The summed E-state index contributed by atoms with van der Waals surface area (Å²) < 4.78 is 25.7. The van der Waals surface area contributed by atoms with Crippen molar-refractivity contribution in [1.29, 1.82) is 5.26 Å². The Morgan fingerprint density at radius 3 is 2.29 bits per heavy atom. The van der Waals surface area contributed by atoms with Crippen molar-refractivity contribution < 1.29 is 13.2 Å². The minimum Gasteiger partial charge on any atom is -0.321 e. The van der Waals surface area contributed by atoms with Gasteiger partial charge in [-0.1, -0.05) is 15.9 Å². The highest BCUT2D eigenvalue weighted by Crippen LogP contribution is 2.24. The number of aromatic nitrogens is 1. The van der Waals surface area contributed by atoms with Crippen LogP contribution in [-0.2, 0) is 14.8 Å². The first kappa shape index (κ1) is 22.5.